The number of aromatic nitrogens is 1. The number of halogens is 1. The number of anilines is 1. The van der Waals surface area contributed by atoms with Crippen molar-refractivity contribution in [1.29, 1.82) is 0 Å². The quantitative estimate of drug-likeness (QED) is 0.705. The Labute approximate surface area is 129 Å². The van der Waals surface area contributed by atoms with Gasteiger partial charge in [-0.15, -0.1) is 0 Å². The van der Waals surface area contributed by atoms with E-state index in [0.29, 0.717) is 22.3 Å². The van der Waals surface area contributed by atoms with Crippen molar-refractivity contribution < 1.29 is 9.90 Å². The second kappa shape index (κ2) is 7.61. The van der Waals surface area contributed by atoms with Crippen molar-refractivity contribution in [3.63, 3.8) is 0 Å². The SMILES string of the molecule is NC(=O)c1cnc(NCCCC2CCCCC2O)c(Cl)c1. The van der Waals surface area contributed by atoms with Gasteiger partial charge in [-0.25, -0.2) is 4.98 Å². The molecular formula is C15H22ClN3O2. The van der Waals surface area contributed by atoms with Crippen LogP contribution < -0.4 is 11.1 Å². The van der Waals surface area contributed by atoms with Gasteiger partial charge in [0.15, 0.2) is 0 Å². The maximum absolute atomic E-state index is 11.0. The van der Waals surface area contributed by atoms with E-state index in [-0.39, 0.29) is 6.10 Å². The number of aliphatic hydroxyl groups excluding tert-OH is 1. The van der Waals surface area contributed by atoms with Crippen molar-refractivity contribution >= 4 is 23.3 Å². The predicted molar refractivity (Wildman–Crippen MR) is 83.5 cm³/mol. The average molecular weight is 312 g/mol. The van der Waals surface area contributed by atoms with Crippen LogP contribution in [0.25, 0.3) is 0 Å². The van der Waals surface area contributed by atoms with Crippen molar-refractivity contribution in [3.8, 4) is 0 Å². The smallest absolute Gasteiger partial charge is 0.250 e. The summed E-state index contributed by atoms with van der Waals surface area (Å²) < 4.78 is 0. The number of rotatable bonds is 6. The zero-order valence-electron chi connectivity index (χ0n) is 12.0. The fourth-order valence-electron chi connectivity index (χ4n) is 2.80. The molecule has 1 heterocycles. The van der Waals surface area contributed by atoms with E-state index in [1.807, 2.05) is 0 Å². The number of nitrogens with two attached hydrogens (primary N) is 1. The van der Waals surface area contributed by atoms with E-state index >= 15 is 0 Å². The first kappa shape index (κ1) is 16.0. The molecular weight excluding hydrogens is 290 g/mol. The van der Waals surface area contributed by atoms with Crippen LogP contribution in [-0.4, -0.2) is 28.6 Å². The van der Waals surface area contributed by atoms with E-state index in [9.17, 15) is 9.90 Å². The Morgan fingerprint density at radius 2 is 2.24 bits per heavy atom. The number of hydrogen-bond acceptors (Lipinski definition) is 4. The van der Waals surface area contributed by atoms with Gasteiger partial charge in [-0.05, 0) is 37.7 Å². The highest BCUT2D eigenvalue weighted by molar-refractivity contribution is 6.33. The van der Waals surface area contributed by atoms with E-state index in [2.05, 4.69) is 10.3 Å². The number of nitrogens with one attached hydrogen (secondary N) is 1. The Morgan fingerprint density at radius 3 is 2.90 bits per heavy atom. The maximum atomic E-state index is 11.0. The predicted octanol–water partition coefficient (Wildman–Crippen LogP) is 2.58. The third-order valence-electron chi connectivity index (χ3n) is 4.04. The van der Waals surface area contributed by atoms with E-state index in [4.69, 9.17) is 17.3 Å². The van der Waals surface area contributed by atoms with E-state index in [1.54, 1.807) is 0 Å². The summed E-state index contributed by atoms with van der Waals surface area (Å²) in [5, 5.41) is 13.5. The molecule has 0 spiro atoms. The highest BCUT2D eigenvalue weighted by Crippen LogP contribution is 2.28. The number of carbonyl (C=O) groups excluding carboxylic acids is 1. The van der Waals surface area contributed by atoms with Gasteiger partial charge >= 0.3 is 0 Å². The summed E-state index contributed by atoms with van der Waals surface area (Å²) in [6, 6.07) is 1.52. The summed E-state index contributed by atoms with van der Waals surface area (Å²) >= 11 is 6.05. The average Bonchev–Trinajstić information content (AvgIpc) is 2.46. The minimum atomic E-state index is -0.540. The molecule has 2 unspecified atom stereocenters. The molecule has 2 rings (SSSR count). The molecule has 5 nitrogen and oxygen atoms in total. The first-order valence-electron chi connectivity index (χ1n) is 7.45. The van der Waals surface area contributed by atoms with Gasteiger partial charge in [0.25, 0.3) is 0 Å². The summed E-state index contributed by atoms with van der Waals surface area (Å²) in [6.45, 7) is 0.742. The van der Waals surface area contributed by atoms with Crippen molar-refractivity contribution in [3.05, 3.63) is 22.8 Å². The zero-order valence-corrected chi connectivity index (χ0v) is 12.8. The molecule has 0 aromatic carbocycles. The second-order valence-electron chi connectivity index (χ2n) is 5.60. The van der Waals surface area contributed by atoms with Crippen LogP contribution in [0.1, 0.15) is 48.9 Å². The van der Waals surface area contributed by atoms with Crippen molar-refractivity contribution in [2.45, 2.75) is 44.6 Å². The standard InChI is InChI=1S/C15H22ClN3O2/c16-12-8-11(14(17)21)9-19-15(12)18-7-3-5-10-4-1-2-6-13(10)20/h8-10,13,20H,1-7H2,(H2,17,21)(H,18,19). The number of carbonyl (C=O) groups is 1. The van der Waals surface area contributed by atoms with Crippen molar-refractivity contribution in [2.75, 3.05) is 11.9 Å². The molecule has 1 aromatic heterocycles. The van der Waals surface area contributed by atoms with Crippen molar-refractivity contribution in [2.24, 2.45) is 11.7 Å². The summed E-state index contributed by atoms with van der Waals surface area (Å²) in [6.07, 6.45) is 7.64. The van der Waals surface area contributed by atoms with Gasteiger partial charge < -0.3 is 16.2 Å². The number of nitrogens with zero attached hydrogens (tertiary/aromatic N) is 1. The number of hydrogen-bond donors (Lipinski definition) is 3. The lowest BCUT2D eigenvalue weighted by Gasteiger charge is -2.27. The molecule has 21 heavy (non-hydrogen) atoms. The minimum Gasteiger partial charge on any atom is -0.393 e. The van der Waals surface area contributed by atoms with Crippen LogP contribution in [0.2, 0.25) is 5.02 Å². The molecule has 0 saturated heterocycles. The summed E-state index contributed by atoms with van der Waals surface area (Å²) in [5.41, 5.74) is 5.47. The van der Waals surface area contributed by atoms with Crippen LogP contribution in [-0.2, 0) is 0 Å². The summed E-state index contributed by atoms with van der Waals surface area (Å²) in [7, 11) is 0. The first-order valence-corrected chi connectivity index (χ1v) is 7.83. The monoisotopic (exact) mass is 311 g/mol. The summed E-state index contributed by atoms with van der Waals surface area (Å²) in [4.78, 5) is 15.1. The lowest BCUT2D eigenvalue weighted by Crippen LogP contribution is -2.24. The molecule has 0 aliphatic heterocycles. The third-order valence-corrected chi connectivity index (χ3v) is 4.33. The highest BCUT2D eigenvalue weighted by Gasteiger charge is 2.22. The zero-order chi connectivity index (χ0) is 15.2. The van der Waals surface area contributed by atoms with E-state index in [0.717, 1.165) is 38.6 Å². The Balaban J connectivity index is 1.77. The molecule has 1 aromatic rings. The second-order valence-corrected chi connectivity index (χ2v) is 6.01. The molecule has 1 amide bonds. The molecule has 1 aliphatic carbocycles. The molecule has 1 aliphatic rings. The van der Waals surface area contributed by atoms with Gasteiger partial charge in [-0.1, -0.05) is 24.4 Å². The van der Waals surface area contributed by atoms with Gasteiger partial charge in [-0.3, -0.25) is 4.79 Å². The van der Waals surface area contributed by atoms with Gasteiger partial charge in [0.1, 0.15) is 5.82 Å². The molecule has 2 atom stereocenters. The van der Waals surface area contributed by atoms with E-state index < -0.39 is 5.91 Å². The first-order chi connectivity index (χ1) is 10.1. The number of amides is 1. The van der Waals surface area contributed by atoms with Crippen LogP contribution in [0.5, 0.6) is 0 Å². The van der Waals surface area contributed by atoms with Gasteiger partial charge in [0.2, 0.25) is 5.91 Å². The lowest BCUT2D eigenvalue weighted by atomic mass is 9.83. The number of aliphatic hydroxyl groups is 1. The van der Waals surface area contributed by atoms with Gasteiger partial charge in [0, 0.05) is 12.7 Å². The number of pyridine rings is 1. The maximum Gasteiger partial charge on any atom is 0.250 e. The highest BCUT2D eigenvalue weighted by atomic mass is 35.5. The summed E-state index contributed by atoms with van der Waals surface area (Å²) in [5.74, 6) is 0.439. The van der Waals surface area contributed by atoms with Crippen LogP contribution in [0.3, 0.4) is 0 Å². The lowest BCUT2D eigenvalue weighted by molar-refractivity contribution is 0.0648. The molecule has 116 valence electrons. The minimum absolute atomic E-state index is 0.143. The fourth-order valence-corrected chi connectivity index (χ4v) is 3.03. The van der Waals surface area contributed by atoms with Crippen LogP contribution in [0.4, 0.5) is 5.82 Å². The molecule has 0 bridgehead atoms. The molecule has 1 fully saturated rings. The Morgan fingerprint density at radius 1 is 1.48 bits per heavy atom. The van der Waals surface area contributed by atoms with Crippen molar-refractivity contribution in [1.82, 2.24) is 4.98 Å². The Hall–Kier alpha value is -1.33. The number of primary amides is 1. The largest absolute Gasteiger partial charge is 0.393 e. The van der Waals surface area contributed by atoms with Gasteiger partial charge in [0.05, 0.1) is 16.7 Å². The van der Waals surface area contributed by atoms with Crippen LogP contribution in [0.15, 0.2) is 12.3 Å². The van der Waals surface area contributed by atoms with Crippen LogP contribution >= 0.6 is 11.6 Å². The third kappa shape index (κ3) is 4.58. The molecule has 4 N–H and O–H groups in total. The fraction of sp³-hybridized carbons (Fsp3) is 0.600. The molecule has 0 radical (unpaired) electrons. The van der Waals surface area contributed by atoms with Crippen LogP contribution in [0, 0.1) is 5.92 Å². The Kier molecular flexibility index (Phi) is 5.82. The van der Waals surface area contributed by atoms with E-state index in [1.165, 1.54) is 18.7 Å². The Bertz CT molecular complexity index is 496. The molecule has 6 heteroatoms. The molecule has 1 saturated carbocycles. The normalized spacial score (nSPS) is 22.0. The van der Waals surface area contributed by atoms with Gasteiger partial charge in [-0.2, -0.15) is 0 Å². The topological polar surface area (TPSA) is 88.2 Å².